The van der Waals surface area contributed by atoms with E-state index in [1.807, 2.05) is 0 Å². The molecule has 0 saturated heterocycles. The van der Waals surface area contributed by atoms with E-state index in [2.05, 4.69) is 74.5 Å². The molecule has 0 N–H and O–H groups in total. The van der Waals surface area contributed by atoms with Gasteiger partial charge in [-0.3, -0.25) is 0 Å². The van der Waals surface area contributed by atoms with Crippen LogP contribution in [0.25, 0.3) is 0 Å². The molecular weight excluding hydrogens is 368 g/mol. The van der Waals surface area contributed by atoms with Crippen molar-refractivity contribution >= 4 is 28.7 Å². The van der Waals surface area contributed by atoms with Gasteiger partial charge in [0.2, 0.25) is 0 Å². The molecular formula is C26H42Si2. The van der Waals surface area contributed by atoms with Gasteiger partial charge in [0.25, 0.3) is 0 Å². The van der Waals surface area contributed by atoms with E-state index in [4.69, 9.17) is 0 Å². The minimum atomic E-state index is -1.07. The Hall–Kier alpha value is -1.13. The van der Waals surface area contributed by atoms with Crippen LogP contribution in [0.4, 0.5) is 0 Å². The largest absolute Gasteiger partial charge is 0.102 e. The first kappa shape index (κ1) is 23.2. The van der Waals surface area contributed by atoms with Crippen LogP contribution in [0.2, 0.25) is 11.2 Å². The van der Waals surface area contributed by atoms with Crippen molar-refractivity contribution in [2.45, 2.75) is 89.3 Å². The Morgan fingerprint density at radius 1 is 0.643 bits per heavy atom. The van der Waals surface area contributed by atoms with E-state index in [0.29, 0.717) is 0 Å². The molecule has 0 spiro atoms. The second-order valence-corrected chi connectivity index (χ2v) is 15.5. The van der Waals surface area contributed by atoms with Gasteiger partial charge in [0.1, 0.15) is 8.80 Å². The summed E-state index contributed by atoms with van der Waals surface area (Å²) in [6, 6.07) is 24.3. The second-order valence-electron chi connectivity index (χ2n) is 8.60. The highest BCUT2D eigenvalue weighted by Gasteiger charge is 2.22. The van der Waals surface area contributed by atoms with Gasteiger partial charge in [0, 0.05) is 9.52 Å². The average Bonchev–Trinajstić information content (AvgIpc) is 2.74. The van der Waals surface area contributed by atoms with Gasteiger partial charge in [-0.05, 0) is 0 Å². The minimum absolute atomic E-state index is 0.00880. The first-order chi connectivity index (χ1) is 13.8. The van der Waals surface area contributed by atoms with E-state index in [-0.39, 0.29) is 9.52 Å². The molecule has 0 aliphatic carbocycles. The van der Waals surface area contributed by atoms with E-state index < -0.39 is 8.80 Å². The first-order valence-electron chi connectivity index (χ1n) is 11.9. The fourth-order valence-electron chi connectivity index (χ4n) is 4.47. The monoisotopic (exact) mass is 410 g/mol. The maximum Gasteiger partial charge on any atom is 0.102 e. The minimum Gasteiger partial charge on any atom is -0.0674 e. The SMILES string of the molecule is CCCCCCCCCCCC[SiH2]C(C)[SiH](c1ccccc1)c1ccccc1. The Labute approximate surface area is 178 Å². The Balaban J connectivity index is 1.68. The van der Waals surface area contributed by atoms with Crippen LogP contribution in [0.1, 0.15) is 78.1 Å². The summed E-state index contributed by atoms with van der Waals surface area (Å²) in [6.07, 6.45) is 14.5. The zero-order valence-electron chi connectivity index (χ0n) is 18.4. The molecule has 1 atom stereocenters. The van der Waals surface area contributed by atoms with Gasteiger partial charge < -0.3 is 0 Å². The molecule has 0 radical (unpaired) electrons. The zero-order valence-corrected chi connectivity index (χ0v) is 21.0. The fourth-order valence-corrected chi connectivity index (χ4v) is 12.4. The molecule has 2 heteroatoms. The van der Waals surface area contributed by atoms with E-state index in [9.17, 15) is 0 Å². The van der Waals surface area contributed by atoms with Crippen LogP contribution in [0, 0.1) is 0 Å². The summed E-state index contributed by atoms with van der Waals surface area (Å²) >= 11 is 0. The molecule has 0 nitrogen and oxygen atoms in total. The molecule has 0 bridgehead atoms. The summed E-state index contributed by atoms with van der Waals surface area (Å²) in [6.45, 7) is 4.87. The lowest BCUT2D eigenvalue weighted by molar-refractivity contribution is 0.562. The molecule has 0 fully saturated rings. The highest BCUT2D eigenvalue weighted by atomic mass is 28.3. The standard InChI is InChI=1S/C26H42Si2/c1-3-4-5-6-7-8-9-10-11-18-23-27-24(2)28(25-19-14-12-15-20-25)26-21-16-13-17-22-26/h12-17,19-22,24,28H,3-11,18,23,27H2,1-2H3. The third-order valence-corrected chi connectivity index (χ3v) is 13.7. The van der Waals surface area contributed by atoms with Gasteiger partial charge in [-0.2, -0.15) is 0 Å². The maximum atomic E-state index is 2.57. The van der Waals surface area contributed by atoms with E-state index in [0.717, 1.165) is 5.16 Å². The highest BCUT2D eigenvalue weighted by Crippen LogP contribution is 2.15. The Morgan fingerprint density at radius 2 is 1.07 bits per heavy atom. The van der Waals surface area contributed by atoms with Crippen LogP contribution in [0.5, 0.6) is 0 Å². The van der Waals surface area contributed by atoms with Crippen molar-refractivity contribution in [2.24, 2.45) is 0 Å². The lowest BCUT2D eigenvalue weighted by atomic mass is 10.1. The maximum absolute atomic E-state index is 2.57. The lowest BCUT2D eigenvalue weighted by Gasteiger charge is -2.23. The van der Waals surface area contributed by atoms with E-state index >= 15 is 0 Å². The molecule has 154 valence electrons. The van der Waals surface area contributed by atoms with E-state index in [1.54, 1.807) is 16.4 Å². The van der Waals surface area contributed by atoms with Crippen LogP contribution in [0.3, 0.4) is 0 Å². The van der Waals surface area contributed by atoms with Crippen LogP contribution in [-0.2, 0) is 0 Å². The molecule has 0 aromatic heterocycles. The average molecular weight is 411 g/mol. The van der Waals surface area contributed by atoms with Crippen LogP contribution >= 0.6 is 0 Å². The molecule has 2 aromatic rings. The van der Waals surface area contributed by atoms with Crippen LogP contribution in [0.15, 0.2) is 60.7 Å². The Kier molecular flexibility index (Phi) is 12.3. The zero-order chi connectivity index (χ0) is 19.9. The topological polar surface area (TPSA) is 0 Å². The number of hydrogen-bond donors (Lipinski definition) is 0. The van der Waals surface area contributed by atoms with Gasteiger partial charge in [-0.1, -0.05) is 160 Å². The highest BCUT2D eigenvalue weighted by molar-refractivity contribution is 6.91. The molecule has 0 aliphatic heterocycles. The Bertz CT molecular complexity index is 557. The fraction of sp³-hybridized carbons (Fsp3) is 0.538. The summed E-state index contributed by atoms with van der Waals surface area (Å²) in [5.74, 6) is 0. The van der Waals surface area contributed by atoms with Crippen LogP contribution in [-0.4, -0.2) is 18.3 Å². The summed E-state index contributed by atoms with van der Waals surface area (Å²) in [7, 11) is -1.06. The number of rotatable bonds is 15. The number of benzene rings is 2. The van der Waals surface area contributed by atoms with Crippen molar-refractivity contribution < 1.29 is 0 Å². The van der Waals surface area contributed by atoms with Crippen molar-refractivity contribution in [3.8, 4) is 0 Å². The predicted molar refractivity (Wildman–Crippen MR) is 134 cm³/mol. The molecule has 0 aliphatic rings. The first-order valence-corrected chi connectivity index (χ1v) is 15.6. The normalized spacial score (nSPS) is 12.8. The van der Waals surface area contributed by atoms with Crippen LogP contribution < -0.4 is 10.4 Å². The number of hydrogen-bond acceptors (Lipinski definition) is 0. The molecule has 0 heterocycles. The predicted octanol–water partition coefficient (Wildman–Crippen LogP) is 5.88. The smallest absolute Gasteiger partial charge is 0.0674 e. The van der Waals surface area contributed by atoms with Gasteiger partial charge in [0.15, 0.2) is 0 Å². The molecule has 0 amide bonds. The van der Waals surface area contributed by atoms with Crippen molar-refractivity contribution in [1.82, 2.24) is 0 Å². The summed E-state index contributed by atoms with van der Waals surface area (Å²) < 4.78 is 0. The van der Waals surface area contributed by atoms with Crippen molar-refractivity contribution in [3.63, 3.8) is 0 Å². The van der Waals surface area contributed by atoms with Gasteiger partial charge in [-0.25, -0.2) is 0 Å². The van der Waals surface area contributed by atoms with Gasteiger partial charge >= 0.3 is 0 Å². The van der Waals surface area contributed by atoms with Crippen molar-refractivity contribution in [2.75, 3.05) is 0 Å². The van der Waals surface area contributed by atoms with Crippen molar-refractivity contribution in [1.29, 1.82) is 0 Å². The molecule has 0 saturated carbocycles. The lowest BCUT2D eigenvalue weighted by Crippen LogP contribution is -2.46. The van der Waals surface area contributed by atoms with Crippen molar-refractivity contribution in [3.05, 3.63) is 60.7 Å². The quantitative estimate of drug-likeness (QED) is 0.254. The number of unbranched alkanes of at least 4 members (excludes halogenated alkanes) is 9. The summed E-state index contributed by atoms with van der Waals surface area (Å²) in [4.78, 5) is 0. The van der Waals surface area contributed by atoms with Gasteiger partial charge in [0.05, 0.1) is 0 Å². The Morgan fingerprint density at radius 3 is 1.54 bits per heavy atom. The second kappa shape index (κ2) is 14.8. The van der Waals surface area contributed by atoms with E-state index in [1.165, 1.54) is 64.2 Å². The molecule has 2 aromatic carbocycles. The summed E-state index contributed by atoms with van der Waals surface area (Å²) in [5, 5.41) is 4.23. The molecule has 2 rings (SSSR count). The molecule has 28 heavy (non-hydrogen) atoms. The third-order valence-electron chi connectivity index (χ3n) is 6.15. The molecule has 1 unspecified atom stereocenters. The third kappa shape index (κ3) is 8.92. The van der Waals surface area contributed by atoms with Gasteiger partial charge in [-0.15, -0.1) is 0 Å². The summed E-state index contributed by atoms with van der Waals surface area (Å²) in [5.41, 5.74) is 0.